The van der Waals surface area contributed by atoms with E-state index in [1.54, 1.807) is 24.4 Å². The van der Waals surface area contributed by atoms with Crippen LogP contribution in [-0.2, 0) is 0 Å². The van der Waals surface area contributed by atoms with Crippen molar-refractivity contribution < 1.29 is 13.9 Å². The van der Waals surface area contributed by atoms with Gasteiger partial charge in [-0.05, 0) is 56.5 Å². The zero-order chi connectivity index (χ0) is 21.5. The van der Waals surface area contributed by atoms with Crippen LogP contribution < -0.4 is 10.2 Å². The van der Waals surface area contributed by atoms with Gasteiger partial charge in [0.05, 0.1) is 17.9 Å². The molecular formula is C23H26FN5O2. The Bertz CT molecular complexity index is 1070. The summed E-state index contributed by atoms with van der Waals surface area (Å²) in [7, 11) is 1.88. The molecule has 2 saturated heterocycles. The first kappa shape index (κ1) is 19.9. The lowest BCUT2D eigenvalue weighted by atomic mass is 9.82. The molecule has 2 aromatic heterocycles. The fraction of sp³-hybridized carbons (Fsp3) is 0.435. The molecule has 4 atom stereocenters. The first-order valence-electron chi connectivity index (χ1n) is 10.7. The molecule has 4 heterocycles. The van der Waals surface area contributed by atoms with Gasteiger partial charge in [0.25, 0.3) is 0 Å². The number of hydrogen-bond acceptors (Lipinski definition) is 7. The second-order valence-corrected chi connectivity index (χ2v) is 8.54. The number of aryl methyl sites for hydroxylation is 1. The van der Waals surface area contributed by atoms with Crippen molar-refractivity contribution in [3.05, 3.63) is 42.3 Å². The summed E-state index contributed by atoms with van der Waals surface area (Å²) in [5.74, 6) is 1.86. The van der Waals surface area contributed by atoms with Gasteiger partial charge in [0.15, 0.2) is 5.82 Å². The van der Waals surface area contributed by atoms with E-state index >= 15 is 4.39 Å². The molecule has 2 aliphatic rings. The van der Waals surface area contributed by atoms with Crippen LogP contribution in [0.15, 0.2) is 40.9 Å². The molecule has 2 aliphatic heterocycles. The predicted octanol–water partition coefficient (Wildman–Crippen LogP) is 3.87. The molecule has 0 amide bonds. The molecule has 0 radical (unpaired) electrons. The van der Waals surface area contributed by atoms with Crippen molar-refractivity contribution >= 4 is 5.82 Å². The maximum Gasteiger partial charge on any atom is 0.226 e. The van der Waals surface area contributed by atoms with E-state index in [-0.39, 0.29) is 17.8 Å². The lowest BCUT2D eigenvalue weighted by Gasteiger charge is -2.46. The fourth-order valence-electron chi connectivity index (χ4n) is 4.75. The number of oxazole rings is 1. The molecule has 2 fully saturated rings. The number of phenolic OH excluding ortho intramolecular Hbond substituents is 1. The van der Waals surface area contributed by atoms with Gasteiger partial charge >= 0.3 is 0 Å². The van der Waals surface area contributed by atoms with Crippen LogP contribution in [0, 0.1) is 6.92 Å². The Morgan fingerprint density at radius 1 is 1.19 bits per heavy atom. The maximum absolute atomic E-state index is 15.0. The highest BCUT2D eigenvalue weighted by Gasteiger charge is 2.41. The molecule has 5 rings (SSSR count). The van der Waals surface area contributed by atoms with E-state index in [2.05, 4.69) is 20.5 Å². The Morgan fingerprint density at radius 3 is 2.77 bits per heavy atom. The van der Waals surface area contributed by atoms with Gasteiger partial charge in [-0.15, -0.1) is 10.2 Å². The van der Waals surface area contributed by atoms with E-state index in [0.717, 1.165) is 25.7 Å². The molecule has 2 bridgehead atoms. The number of rotatable bonds is 4. The van der Waals surface area contributed by atoms with Crippen molar-refractivity contribution in [2.24, 2.45) is 0 Å². The number of alkyl halides is 1. The molecule has 0 saturated carbocycles. The average molecular weight is 423 g/mol. The lowest BCUT2D eigenvalue weighted by molar-refractivity contribution is 0.107. The van der Waals surface area contributed by atoms with Gasteiger partial charge in [0.2, 0.25) is 5.89 Å². The third-order valence-corrected chi connectivity index (χ3v) is 6.45. The molecule has 1 aromatic carbocycles. The van der Waals surface area contributed by atoms with E-state index in [0.29, 0.717) is 40.3 Å². The first-order chi connectivity index (χ1) is 15.0. The summed E-state index contributed by atoms with van der Waals surface area (Å²) < 4.78 is 20.5. The zero-order valence-corrected chi connectivity index (χ0v) is 17.6. The summed E-state index contributed by atoms with van der Waals surface area (Å²) in [5.41, 5.74) is 1.79. The Labute approximate surface area is 180 Å². The van der Waals surface area contributed by atoms with Gasteiger partial charge in [-0.2, -0.15) is 0 Å². The van der Waals surface area contributed by atoms with E-state index in [4.69, 9.17) is 4.42 Å². The molecular weight excluding hydrogens is 397 g/mol. The van der Waals surface area contributed by atoms with Crippen LogP contribution in [0.25, 0.3) is 22.7 Å². The number of hydrogen-bond donors (Lipinski definition) is 2. The molecule has 0 aliphatic carbocycles. The number of aromatic nitrogens is 3. The van der Waals surface area contributed by atoms with Crippen LogP contribution in [-0.4, -0.2) is 51.6 Å². The van der Waals surface area contributed by atoms with Crippen LogP contribution in [0.4, 0.5) is 10.2 Å². The number of anilines is 1. The molecule has 3 aromatic rings. The highest BCUT2D eigenvalue weighted by Crippen LogP contribution is 2.34. The van der Waals surface area contributed by atoms with Crippen LogP contribution >= 0.6 is 0 Å². The monoisotopic (exact) mass is 423 g/mol. The quantitative estimate of drug-likeness (QED) is 0.659. The normalized spacial score (nSPS) is 25.4. The van der Waals surface area contributed by atoms with Gasteiger partial charge in [-0.1, -0.05) is 6.42 Å². The summed E-state index contributed by atoms with van der Waals surface area (Å²) in [6.45, 7) is 1.82. The lowest BCUT2D eigenvalue weighted by Crippen LogP contribution is -2.61. The number of nitrogens with zero attached hydrogens (tertiary/aromatic N) is 4. The van der Waals surface area contributed by atoms with Gasteiger partial charge < -0.3 is 19.7 Å². The number of fused-ring (bicyclic) bond motifs is 2. The number of nitrogens with one attached hydrogen (secondary N) is 1. The van der Waals surface area contributed by atoms with Crippen LogP contribution in [0.5, 0.6) is 5.75 Å². The first-order valence-corrected chi connectivity index (χ1v) is 10.7. The summed E-state index contributed by atoms with van der Waals surface area (Å²) >= 11 is 0. The second kappa shape index (κ2) is 7.92. The Hall–Kier alpha value is -3.00. The van der Waals surface area contributed by atoms with Crippen molar-refractivity contribution in [3.63, 3.8) is 0 Å². The predicted molar refractivity (Wildman–Crippen MR) is 116 cm³/mol. The smallest absolute Gasteiger partial charge is 0.226 e. The van der Waals surface area contributed by atoms with Crippen molar-refractivity contribution in [3.8, 4) is 28.5 Å². The van der Waals surface area contributed by atoms with Crippen molar-refractivity contribution in [1.82, 2.24) is 20.5 Å². The van der Waals surface area contributed by atoms with Gasteiger partial charge in [0.1, 0.15) is 17.7 Å². The molecule has 31 heavy (non-hydrogen) atoms. The zero-order valence-electron chi connectivity index (χ0n) is 17.6. The van der Waals surface area contributed by atoms with Crippen LogP contribution in [0.2, 0.25) is 0 Å². The largest absolute Gasteiger partial charge is 0.507 e. The van der Waals surface area contributed by atoms with E-state index in [1.807, 2.05) is 31.0 Å². The highest BCUT2D eigenvalue weighted by atomic mass is 19.1. The number of piperidine rings is 2. The third kappa shape index (κ3) is 3.76. The summed E-state index contributed by atoms with van der Waals surface area (Å²) in [6.07, 6.45) is 4.54. The topological polar surface area (TPSA) is 87.3 Å². The van der Waals surface area contributed by atoms with Crippen molar-refractivity contribution in [2.45, 2.75) is 56.9 Å². The Kier molecular flexibility index (Phi) is 5.09. The van der Waals surface area contributed by atoms with Crippen LogP contribution in [0.1, 0.15) is 31.4 Å². The maximum atomic E-state index is 15.0. The number of halogens is 1. The van der Waals surface area contributed by atoms with Crippen LogP contribution in [0.3, 0.4) is 0 Å². The van der Waals surface area contributed by atoms with Crippen molar-refractivity contribution in [2.75, 3.05) is 11.9 Å². The third-order valence-electron chi connectivity index (χ3n) is 6.45. The summed E-state index contributed by atoms with van der Waals surface area (Å²) in [4.78, 5) is 6.09. The van der Waals surface area contributed by atoms with E-state index < -0.39 is 6.17 Å². The minimum atomic E-state index is -0.932. The molecule has 0 spiro atoms. The molecule has 162 valence electrons. The van der Waals surface area contributed by atoms with Gasteiger partial charge in [-0.25, -0.2) is 9.37 Å². The number of benzene rings is 1. The van der Waals surface area contributed by atoms with Gasteiger partial charge in [-0.3, -0.25) is 0 Å². The van der Waals surface area contributed by atoms with E-state index in [1.165, 1.54) is 0 Å². The van der Waals surface area contributed by atoms with Crippen molar-refractivity contribution in [1.29, 1.82) is 0 Å². The Balaban J connectivity index is 1.35. The standard InChI is InChI=1S/C23H26FN5O2/c1-13-12-25-23(31-13)14-6-7-16(20(30)10-14)17-8-9-21(28-27-17)29(2)19-11-15-4-3-5-18(26-15)22(19)24/h6-10,12,15,18-19,22,26,30H,3-5,11H2,1-2H3/t15-,18-,19+,22-/m0/s1. The molecule has 8 heteroatoms. The SMILES string of the molecule is Cc1cnc(-c2ccc(-c3ccc(N(C)[C@@H]4C[C@@H]5CCC[C@H](N5)[C@@H]4F)nn3)c(O)c2)o1. The second-order valence-electron chi connectivity index (χ2n) is 8.54. The van der Waals surface area contributed by atoms with Gasteiger partial charge in [0, 0.05) is 30.3 Å². The fourth-order valence-corrected chi connectivity index (χ4v) is 4.75. The minimum absolute atomic E-state index is 0.0683. The average Bonchev–Trinajstić information content (AvgIpc) is 3.22. The summed E-state index contributed by atoms with van der Waals surface area (Å²) in [5, 5.41) is 22.6. The minimum Gasteiger partial charge on any atom is -0.507 e. The highest BCUT2D eigenvalue weighted by molar-refractivity contribution is 5.71. The number of aromatic hydroxyl groups is 1. The molecule has 2 N–H and O–H groups in total. The number of phenols is 1. The summed E-state index contributed by atoms with van der Waals surface area (Å²) in [6, 6.07) is 8.91. The molecule has 7 nitrogen and oxygen atoms in total. The molecule has 0 unspecified atom stereocenters. The Morgan fingerprint density at radius 2 is 2.06 bits per heavy atom. The van der Waals surface area contributed by atoms with E-state index in [9.17, 15) is 5.11 Å².